The molecule has 1 aromatic heterocycles. The lowest BCUT2D eigenvalue weighted by Crippen LogP contribution is -2.37. The molecule has 0 amide bonds. The molecule has 2 aliphatic rings. The molecule has 4 rings (SSSR count). The van der Waals surface area contributed by atoms with Gasteiger partial charge in [-0.1, -0.05) is 62.9 Å². The van der Waals surface area contributed by atoms with Crippen LogP contribution >= 0.6 is 0 Å². The predicted octanol–water partition coefficient (Wildman–Crippen LogP) is 6.65. The van der Waals surface area contributed by atoms with Gasteiger partial charge in [-0.05, 0) is 63.1 Å². The summed E-state index contributed by atoms with van der Waals surface area (Å²) >= 11 is 0. The minimum Gasteiger partial charge on any atom is -0.424 e. The zero-order chi connectivity index (χ0) is 22.2. The first-order valence-electron chi connectivity index (χ1n) is 12.7. The van der Waals surface area contributed by atoms with Gasteiger partial charge in [0.2, 0.25) is 17.5 Å². The van der Waals surface area contributed by atoms with E-state index in [4.69, 9.17) is 4.42 Å². The molecule has 5 nitrogen and oxygen atoms in total. The van der Waals surface area contributed by atoms with Crippen LogP contribution in [0.3, 0.4) is 0 Å². The summed E-state index contributed by atoms with van der Waals surface area (Å²) < 4.78 is 6.17. The minimum atomic E-state index is 0.269. The summed E-state index contributed by atoms with van der Waals surface area (Å²) in [6.07, 6.45) is 12.5. The molecule has 5 heteroatoms. The normalized spacial score (nSPS) is 22.9. The van der Waals surface area contributed by atoms with Crippen LogP contribution in [0, 0.1) is 17.2 Å². The van der Waals surface area contributed by atoms with Gasteiger partial charge in [-0.15, -0.1) is 0 Å². The smallest absolute Gasteiger partial charge is 0.232 e. The standard InChI is InChI=1S/C27H38N4O/c1-2-3-10-21-13-15-23(16-14-21)26-30-24(19-28)27(32-26)29-20-25(22-11-6-4-7-12-22)31-17-8-5-9-18-31/h4,6-7,11-12,21,23,25,29H,2-3,5,8-10,13-18,20H2,1H3. The number of unbranched alkanes of at least 4 members (excludes halogenated alkanes) is 1. The van der Waals surface area contributed by atoms with E-state index in [1.807, 2.05) is 0 Å². The predicted molar refractivity (Wildman–Crippen MR) is 129 cm³/mol. The molecule has 172 valence electrons. The maximum absolute atomic E-state index is 9.68. The van der Waals surface area contributed by atoms with Gasteiger partial charge >= 0.3 is 0 Å². The lowest BCUT2D eigenvalue weighted by molar-refractivity contribution is 0.170. The zero-order valence-electron chi connectivity index (χ0n) is 19.6. The molecule has 32 heavy (non-hydrogen) atoms. The number of aromatic nitrogens is 1. The molecule has 1 unspecified atom stereocenters. The van der Waals surface area contributed by atoms with Gasteiger partial charge in [-0.25, -0.2) is 4.98 Å². The Bertz CT molecular complexity index is 858. The van der Waals surface area contributed by atoms with Gasteiger partial charge in [0.15, 0.2) is 0 Å². The molecule has 1 aliphatic carbocycles. The lowest BCUT2D eigenvalue weighted by Gasteiger charge is -2.35. The maximum Gasteiger partial charge on any atom is 0.232 e. The van der Waals surface area contributed by atoms with E-state index in [9.17, 15) is 5.26 Å². The Morgan fingerprint density at radius 2 is 1.88 bits per heavy atom. The molecule has 1 N–H and O–H groups in total. The van der Waals surface area contributed by atoms with Gasteiger partial charge in [0, 0.05) is 12.5 Å². The van der Waals surface area contributed by atoms with E-state index >= 15 is 0 Å². The van der Waals surface area contributed by atoms with Crippen molar-refractivity contribution in [3.05, 3.63) is 47.5 Å². The second-order valence-corrected chi connectivity index (χ2v) is 9.61. The quantitative estimate of drug-likeness (QED) is 0.479. The molecule has 0 bridgehead atoms. The number of anilines is 1. The average Bonchev–Trinajstić information content (AvgIpc) is 3.28. The van der Waals surface area contributed by atoms with Gasteiger partial charge in [0.25, 0.3) is 0 Å². The first-order chi connectivity index (χ1) is 15.8. The number of nitrogens with one attached hydrogen (secondary N) is 1. The summed E-state index contributed by atoms with van der Waals surface area (Å²) in [5.74, 6) is 2.51. The molecular formula is C27H38N4O. The van der Waals surface area contributed by atoms with Crippen LogP contribution in [0.2, 0.25) is 0 Å². The lowest BCUT2D eigenvalue weighted by atomic mass is 9.80. The highest BCUT2D eigenvalue weighted by Gasteiger charge is 2.28. The first kappa shape index (κ1) is 22.9. The highest BCUT2D eigenvalue weighted by molar-refractivity contribution is 5.46. The van der Waals surface area contributed by atoms with Crippen molar-refractivity contribution in [1.29, 1.82) is 5.26 Å². The SMILES string of the molecule is CCCCC1CCC(c2nc(C#N)c(NCC(c3ccccc3)N3CCCCC3)o2)CC1. The molecule has 2 heterocycles. The Morgan fingerprint density at radius 3 is 2.56 bits per heavy atom. The summed E-state index contributed by atoms with van der Waals surface area (Å²) in [4.78, 5) is 7.16. The van der Waals surface area contributed by atoms with Gasteiger partial charge in [-0.3, -0.25) is 4.90 Å². The third-order valence-electron chi connectivity index (χ3n) is 7.38. The van der Waals surface area contributed by atoms with Crippen molar-refractivity contribution in [2.75, 3.05) is 25.0 Å². The third-order valence-corrected chi connectivity index (χ3v) is 7.38. The van der Waals surface area contributed by atoms with Crippen molar-refractivity contribution in [3.8, 4) is 6.07 Å². The number of likely N-dealkylation sites (tertiary alicyclic amines) is 1. The van der Waals surface area contributed by atoms with Gasteiger partial charge < -0.3 is 9.73 Å². The zero-order valence-corrected chi connectivity index (χ0v) is 19.6. The number of rotatable bonds is 9. The molecule has 1 atom stereocenters. The van der Waals surface area contributed by atoms with Crippen LogP contribution in [-0.4, -0.2) is 29.5 Å². The number of piperidine rings is 1. The van der Waals surface area contributed by atoms with Gasteiger partial charge in [0.05, 0.1) is 6.04 Å². The fraction of sp³-hybridized carbons (Fsp3) is 0.630. The molecule has 0 radical (unpaired) electrons. The van der Waals surface area contributed by atoms with Crippen LogP contribution in [0.5, 0.6) is 0 Å². The van der Waals surface area contributed by atoms with Crippen LogP contribution in [0.25, 0.3) is 0 Å². The molecule has 0 spiro atoms. The number of benzene rings is 1. The van der Waals surface area contributed by atoms with Crippen LogP contribution in [0.15, 0.2) is 34.7 Å². The van der Waals surface area contributed by atoms with Gasteiger partial charge in [0.1, 0.15) is 6.07 Å². The van der Waals surface area contributed by atoms with Crippen molar-refractivity contribution in [1.82, 2.24) is 9.88 Å². The van der Waals surface area contributed by atoms with E-state index in [2.05, 4.69) is 58.5 Å². The molecule has 2 aromatic rings. The van der Waals surface area contributed by atoms with Crippen LogP contribution in [0.4, 0.5) is 5.88 Å². The molecule has 1 saturated heterocycles. The van der Waals surface area contributed by atoms with Crippen molar-refractivity contribution in [2.45, 2.75) is 83.1 Å². The Morgan fingerprint density at radius 1 is 1.12 bits per heavy atom. The highest BCUT2D eigenvalue weighted by atomic mass is 16.4. The van der Waals surface area contributed by atoms with E-state index < -0.39 is 0 Å². The Balaban J connectivity index is 1.42. The van der Waals surface area contributed by atoms with Crippen LogP contribution in [0.1, 0.15) is 100 Å². The number of hydrogen-bond acceptors (Lipinski definition) is 5. The molecule has 1 saturated carbocycles. The second kappa shape index (κ2) is 11.5. The van der Waals surface area contributed by atoms with Crippen molar-refractivity contribution >= 4 is 5.88 Å². The van der Waals surface area contributed by atoms with E-state index in [1.165, 1.54) is 56.9 Å². The van der Waals surface area contributed by atoms with Gasteiger partial charge in [-0.2, -0.15) is 5.26 Å². The maximum atomic E-state index is 9.68. The molecule has 2 fully saturated rings. The summed E-state index contributed by atoms with van der Waals surface area (Å²) in [6, 6.07) is 13.2. The number of hydrogen-bond donors (Lipinski definition) is 1. The monoisotopic (exact) mass is 434 g/mol. The topological polar surface area (TPSA) is 65.1 Å². The summed E-state index contributed by atoms with van der Waals surface area (Å²) in [5.41, 5.74) is 1.71. The largest absolute Gasteiger partial charge is 0.424 e. The Kier molecular flexibility index (Phi) is 8.23. The third kappa shape index (κ3) is 5.72. The minimum absolute atomic E-state index is 0.269. The van der Waals surface area contributed by atoms with E-state index in [1.54, 1.807) is 0 Å². The summed E-state index contributed by atoms with van der Waals surface area (Å²) in [5, 5.41) is 13.1. The van der Waals surface area contributed by atoms with Crippen LogP contribution in [-0.2, 0) is 0 Å². The fourth-order valence-electron chi connectivity index (χ4n) is 5.45. The Labute approximate surface area is 193 Å². The number of nitriles is 1. The van der Waals surface area contributed by atoms with E-state index in [0.717, 1.165) is 44.3 Å². The number of nitrogens with zero attached hydrogens (tertiary/aromatic N) is 3. The first-order valence-corrected chi connectivity index (χ1v) is 12.7. The molecule has 1 aliphatic heterocycles. The van der Waals surface area contributed by atoms with Crippen LogP contribution < -0.4 is 5.32 Å². The fourth-order valence-corrected chi connectivity index (χ4v) is 5.45. The highest BCUT2D eigenvalue weighted by Crippen LogP contribution is 2.38. The molecule has 1 aromatic carbocycles. The average molecular weight is 435 g/mol. The number of oxazole rings is 1. The Hall–Kier alpha value is -2.32. The van der Waals surface area contributed by atoms with Crippen molar-refractivity contribution in [3.63, 3.8) is 0 Å². The summed E-state index contributed by atoms with van der Waals surface area (Å²) in [6.45, 7) is 5.23. The van der Waals surface area contributed by atoms with Crippen molar-refractivity contribution in [2.24, 2.45) is 5.92 Å². The van der Waals surface area contributed by atoms with Crippen molar-refractivity contribution < 1.29 is 4.42 Å². The van der Waals surface area contributed by atoms with E-state index in [-0.39, 0.29) is 6.04 Å². The second-order valence-electron chi connectivity index (χ2n) is 9.61. The van der Waals surface area contributed by atoms with E-state index in [0.29, 0.717) is 17.5 Å². The summed E-state index contributed by atoms with van der Waals surface area (Å²) in [7, 11) is 0. The molecular weight excluding hydrogens is 396 g/mol.